The molecule has 5 unspecified atom stereocenters. The lowest BCUT2D eigenvalue weighted by Gasteiger charge is -2.30. The van der Waals surface area contributed by atoms with Crippen LogP contribution in [0, 0.1) is 41.5 Å². The van der Waals surface area contributed by atoms with E-state index in [4.69, 9.17) is 23.7 Å². The van der Waals surface area contributed by atoms with Crippen LogP contribution in [0.2, 0.25) is 0 Å². The minimum Gasteiger partial charge on any atom is -0.488 e. The Kier molecular flexibility index (Phi) is 43.7. The fourth-order valence-electron chi connectivity index (χ4n) is 16.4. The topological polar surface area (TPSA) is 62.4 Å². The molecule has 0 radical (unpaired) electrons. The summed E-state index contributed by atoms with van der Waals surface area (Å²) in [5.74, 6) is 5.07. The third-order valence-electron chi connectivity index (χ3n) is 23.9. The third kappa shape index (κ3) is 37.1. The van der Waals surface area contributed by atoms with E-state index in [1.807, 2.05) is 42.5 Å². The Morgan fingerprint density at radius 2 is 0.483 bits per heavy atom. The van der Waals surface area contributed by atoms with E-state index in [0.717, 1.165) is 61.5 Å². The monoisotopic (exact) mass is 2000 g/mol. The molecule has 0 amide bonds. The summed E-state index contributed by atoms with van der Waals surface area (Å²) in [5.41, 5.74) is 24.7. The highest BCUT2D eigenvalue weighted by Gasteiger charge is 2.28. The molecule has 143 heavy (non-hydrogen) atoms. The average Bonchev–Trinajstić information content (AvgIpc) is 0.771. The summed E-state index contributed by atoms with van der Waals surface area (Å²) in [6, 6.07) is 121. The van der Waals surface area contributed by atoms with Gasteiger partial charge in [-0.15, -0.1) is 0 Å². The van der Waals surface area contributed by atoms with Crippen LogP contribution in [0.3, 0.4) is 0 Å². The maximum absolute atomic E-state index is 6.64. The van der Waals surface area contributed by atoms with Gasteiger partial charge in [0, 0.05) is 64.8 Å². The predicted molar refractivity (Wildman–Crippen MR) is 628 cm³/mol. The molecule has 0 bridgehead atoms. The lowest BCUT2D eigenvalue weighted by Crippen LogP contribution is -2.24. The predicted octanol–water partition coefficient (Wildman–Crippen LogP) is 25.5. The van der Waals surface area contributed by atoms with Crippen LogP contribution in [0.15, 0.2) is 340 Å². The minimum absolute atomic E-state index is 0.0182. The van der Waals surface area contributed by atoms with Gasteiger partial charge in [-0.1, -0.05) is 437 Å². The highest BCUT2D eigenvalue weighted by Crippen LogP contribution is 2.40. The van der Waals surface area contributed by atoms with Crippen molar-refractivity contribution in [1.82, 2.24) is 24.5 Å². The van der Waals surface area contributed by atoms with Crippen LogP contribution in [0.4, 0.5) is 0 Å². The SMILES string of the molecule is CN(C)Cc1ccccc1Pc1cc(C(C)(C)C)cc(C(C)(C)C)c1OCc1ccccc1.Cc1cc(C(C)(C)C)cc(Pc2ccccc2CN(C)C)c1OCc1ccccc1.Cc1ccc(Pc2cc(C)ccc2OCc2ccccc2)c(CN(C)C)c1.Cc1ccc(Pc2cccc(C)c2OCc2ccccc2)c(CN(C)C)c1.Cc1ccc(Pc2ccccc2OCc2ccccc2)c(CN(C)C)c1. The number of nitrogens with zero attached hydrogens (tertiary/aromatic N) is 5. The molecule has 0 aliphatic rings. The Balaban J connectivity index is 0.000000171. The largest absolute Gasteiger partial charge is 0.488 e. The van der Waals surface area contributed by atoms with Gasteiger partial charge in [0.2, 0.25) is 0 Å². The van der Waals surface area contributed by atoms with Crippen LogP contribution < -0.4 is 76.7 Å². The van der Waals surface area contributed by atoms with Gasteiger partial charge in [0.15, 0.2) is 0 Å². The quantitative estimate of drug-likeness (QED) is 0.0359. The number of ether oxygens (including phenoxy) is 5. The van der Waals surface area contributed by atoms with Crippen LogP contribution in [0.5, 0.6) is 28.7 Å². The first kappa shape index (κ1) is 113. The second kappa shape index (κ2) is 55.5. The van der Waals surface area contributed by atoms with Crippen molar-refractivity contribution in [2.45, 2.75) is 186 Å². The fourth-order valence-corrected chi connectivity index (χ4v) is 23.1. The van der Waals surface area contributed by atoms with Crippen molar-refractivity contribution in [3.8, 4) is 28.7 Å². The standard InChI is InChI=1S/C30H40NOP.C27H34NOP.2C24H28NOP.C23H26NOP/c1-29(2,3)24-18-25(30(4,5)6)28(32-21-22-14-10-9-11-15-22)27(19-24)33-26-17-13-12-16-23(26)20-31(7)8;1-20-16-23(27(2,3)4)17-25(26(20)29-19-21-12-8-7-9-13-21)30-24-15-11-10-14-22(24)18-28(5)6;1-18-13-14-22(21(15-18)16-25(3)4)27-23-12-8-9-19(2)24(23)26-17-20-10-6-5-7-11-20;1-18-11-13-23(21(14-18)16-25(3)4)27-24-15-19(2)10-12-22(24)26-17-20-8-6-5-7-9-20;1-18-13-14-22(20(15-18)16-24(2)3)26-23-12-8-7-11-21(23)25-17-19-9-5-4-6-10-19/h9-19,33H,20-21H2,1-8H3;7-17,30H,18-19H2,1-6H3;2*5-15,27H,16-17H2,1-4H3;4-15,26H,16-17H2,1-3H3. The zero-order valence-corrected chi connectivity index (χ0v) is 94.7. The van der Waals surface area contributed by atoms with Crippen molar-refractivity contribution >= 4 is 95.9 Å². The van der Waals surface area contributed by atoms with Crippen molar-refractivity contribution in [1.29, 1.82) is 0 Å². The van der Waals surface area contributed by atoms with E-state index >= 15 is 0 Å². The smallest absolute Gasteiger partial charge is 0.131 e. The van der Waals surface area contributed by atoms with Crippen LogP contribution in [-0.2, 0) is 82.0 Å². The summed E-state index contributed by atoms with van der Waals surface area (Å²) in [4.78, 5) is 11.1. The van der Waals surface area contributed by atoms with Gasteiger partial charge in [-0.2, -0.15) is 0 Å². The molecule has 0 aromatic heterocycles. The van der Waals surface area contributed by atoms with E-state index in [9.17, 15) is 0 Å². The highest BCUT2D eigenvalue weighted by molar-refractivity contribution is 7.57. The summed E-state index contributed by atoms with van der Waals surface area (Å²) in [6.07, 6.45) is 0. The molecule has 15 heteroatoms. The molecule has 0 heterocycles. The zero-order chi connectivity index (χ0) is 103. The van der Waals surface area contributed by atoms with Crippen LogP contribution in [0.25, 0.3) is 0 Å². The van der Waals surface area contributed by atoms with Crippen molar-refractivity contribution in [2.24, 2.45) is 0 Å². The molecule has 15 rings (SSSR count). The van der Waals surface area contributed by atoms with Gasteiger partial charge < -0.3 is 48.2 Å². The number of rotatable bonds is 35. The zero-order valence-electron chi connectivity index (χ0n) is 89.7. The maximum atomic E-state index is 6.64. The molecule has 15 aromatic carbocycles. The maximum Gasteiger partial charge on any atom is 0.131 e. The highest BCUT2D eigenvalue weighted by atomic mass is 31.1. The number of aryl methyl sites for hydroxylation is 6. The van der Waals surface area contributed by atoms with E-state index in [1.165, 1.54) is 159 Å². The molecule has 15 aromatic rings. The summed E-state index contributed by atoms with van der Waals surface area (Å²) < 4.78 is 31.6. The van der Waals surface area contributed by atoms with E-state index in [1.54, 1.807) is 0 Å². The molecule has 0 spiro atoms. The minimum atomic E-state index is -0.0182. The molecule has 0 aliphatic heterocycles. The Bertz CT molecular complexity index is 6410. The van der Waals surface area contributed by atoms with E-state index in [2.05, 4.69) is 496 Å². The normalized spacial score (nSPS) is 11.8. The number of hydrogen-bond donors (Lipinski definition) is 0. The summed E-state index contributed by atoms with van der Waals surface area (Å²) in [6.45, 7) is 41.2. The van der Waals surface area contributed by atoms with Gasteiger partial charge in [-0.05, 0) is 263 Å². The molecular weight excluding hydrogens is 1840 g/mol. The number of hydrogen-bond acceptors (Lipinski definition) is 10. The molecule has 0 N–H and O–H groups in total. The number of para-hydroxylation sites is 2. The Hall–Kier alpha value is -10.8. The summed E-state index contributed by atoms with van der Waals surface area (Å²) in [7, 11) is 24.1. The summed E-state index contributed by atoms with van der Waals surface area (Å²) >= 11 is 0. The Labute approximate surface area is 868 Å². The van der Waals surface area contributed by atoms with Crippen molar-refractivity contribution in [3.05, 3.63) is 445 Å². The average molecular weight is 2000 g/mol. The summed E-state index contributed by atoms with van der Waals surface area (Å²) in [5, 5.41) is 13.4. The fraction of sp³-hybridized carbons (Fsp3) is 0.297. The molecule has 0 saturated carbocycles. The van der Waals surface area contributed by atoms with Gasteiger partial charge in [0.25, 0.3) is 0 Å². The van der Waals surface area contributed by atoms with Gasteiger partial charge >= 0.3 is 0 Å². The molecule has 0 aliphatic carbocycles. The van der Waals surface area contributed by atoms with Crippen molar-refractivity contribution < 1.29 is 23.7 Å². The van der Waals surface area contributed by atoms with Crippen molar-refractivity contribution in [2.75, 3.05) is 70.5 Å². The Morgan fingerprint density at radius 3 is 0.867 bits per heavy atom. The van der Waals surface area contributed by atoms with Crippen LogP contribution in [0.1, 0.15) is 168 Å². The van der Waals surface area contributed by atoms with Crippen molar-refractivity contribution in [3.63, 3.8) is 0 Å². The number of benzene rings is 15. The van der Waals surface area contributed by atoms with Crippen LogP contribution in [-0.4, -0.2) is 95.0 Å². The Morgan fingerprint density at radius 1 is 0.203 bits per heavy atom. The molecule has 0 fully saturated rings. The van der Waals surface area contributed by atoms with Gasteiger partial charge in [-0.3, -0.25) is 0 Å². The molecule has 0 saturated heterocycles. The van der Waals surface area contributed by atoms with Gasteiger partial charge in [0.1, 0.15) is 61.8 Å². The lowest BCUT2D eigenvalue weighted by atomic mass is 9.80. The van der Waals surface area contributed by atoms with Gasteiger partial charge in [-0.25, -0.2) is 0 Å². The third-order valence-corrected chi connectivity index (χ3v) is 31.0. The van der Waals surface area contributed by atoms with E-state index < -0.39 is 0 Å². The van der Waals surface area contributed by atoms with Gasteiger partial charge in [0.05, 0.1) is 0 Å². The molecule has 10 nitrogen and oxygen atoms in total. The second-order valence-corrected chi connectivity index (χ2v) is 48.4. The second-order valence-electron chi connectivity index (χ2n) is 41.7. The lowest BCUT2D eigenvalue weighted by molar-refractivity contribution is 0.300. The molecular formula is C128H156N5O5P5. The molecule has 5 atom stereocenters. The van der Waals surface area contributed by atoms with E-state index in [0.29, 0.717) is 75.9 Å². The van der Waals surface area contributed by atoms with E-state index in [-0.39, 0.29) is 16.2 Å². The first-order valence-corrected chi connectivity index (χ1v) is 54.8. The van der Waals surface area contributed by atoms with Crippen LogP contribution >= 0.6 is 42.9 Å². The first-order chi connectivity index (χ1) is 68.3. The first-order valence-electron chi connectivity index (χ1n) is 49.8. The molecule has 748 valence electrons.